The molecule has 0 atom stereocenters. The molecule has 0 saturated heterocycles. The first-order valence-electron chi connectivity index (χ1n) is 4.16. The highest BCUT2D eigenvalue weighted by molar-refractivity contribution is 7.95. The highest BCUT2D eigenvalue weighted by atomic mass is 32.2. The van der Waals surface area contributed by atoms with Crippen molar-refractivity contribution in [3.63, 3.8) is 0 Å². The first-order chi connectivity index (χ1) is 7.12. The van der Waals surface area contributed by atoms with E-state index in [4.69, 9.17) is 5.26 Å². The molecule has 0 heterocycles. The summed E-state index contributed by atoms with van der Waals surface area (Å²) in [6.45, 7) is 3.36. The molecule has 76 valence electrons. The number of hydrogen-bond acceptors (Lipinski definition) is 3. The summed E-state index contributed by atoms with van der Waals surface area (Å²) in [7, 11) is -3.68. The third-order valence-corrected chi connectivity index (χ3v) is 3.42. The lowest BCUT2D eigenvalue weighted by Crippen LogP contribution is -2.02. The van der Waals surface area contributed by atoms with Gasteiger partial charge in [0.25, 0.3) is 0 Å². The minimum atomic E-state index is -3.68. The average molecular weight is 219 g/mol. The maximum Gasteiger partial charge on any atom is 0.216 e. The molecule has 0 fully saturated rings. The maximum atomic E-state index is 11.8. The summed E-state index contributed by atoms with van der Waals surface area (Å²) in [4.78, 5) is -0.191. The minimum Gasteiger partial charge on any atom is -0.218 e. The van der Waals surface area contributed by atoms with E-state index in [-0.39, 0.29) is 9.80 Å². The van der Waals surface area contributed by atoms with Crippen LogP contribution in [0.15, 0.2) is 58.9 Å². The molecule has 0 aliphatic carbocycles. The summed E-state index contributed by atoms with van der Waals surface area (Å²) in [5.74, 6) is 0. The standard InChI is InChI=1S/C11H9NO2S/c1-2-6-11(9-12)15(13,14)10-7-4-3-5-8-10/h2-8H,1H2/b11-6+. The fourth-order valence-electron chi connectivity index (χ4n) is 1.02. The molecule has 0 N–H and O–H groups in total. The van der Waals surface area contributed by atoms with E-state index in [9.17, 15) is 8.42 Å². The largest absolute Gasteiger partial charge is 0.218 e. The van der Waals surface area contributed by atoms with Crippen LogP contribution in [0.3, 0.4) is 0 Å². The highest BCUT2D eigenvalue weighted by Gasteiger charge is 2.19. The van der Waals surface area contributed by atoms with Crippen molar-refractivity contribution in [3.05, 3.63) is 54.0 Å². The first kappa shape index (κ1) is 11.2. The first-order valence-corrected chi connectivity index (χ1v) is 5.64. The Labute approximate surface area is 88.9 Å². The predicted molar refractivity (Wildman–Crippen MR) is 57.5 cm³/mol. The molecule has 0 spiro atoms. The summed E-state index contributed by atoms with van der Waals surface area (Å²) in [6, 6.07) is 9.46. The zero-order chi connectivity index (χ0) is 11.3. The second-order valence-corrected chi connectivity index (χ2v) is 4.61. The lowest BCUT2D eigenvalue weighted by atomic mass is 10.4. The van der Waals surface area contributed by atoms with E-state index in [2.05, 4.69) is 6.58 Å². The zero-order valence-electron chi connectivity index (χ0n) is 7.92. The smallest absolute Gasteiger partial charge is 0.216 e. The molecule has 0 radical (unpaired) electrons. The molecular weight excluding hydrogens is 210 g/mol. The van der Waals surface area contributed by atoms with Crippen molar-refractivity contribution in [1.29, 1.82) is 5.26 Å². The van der Waals surface area contributed by atoms with Crippen molar-refractivity contribution in [2.75, 3.05) is 0 Å². The van der Waals surface area contributed by atoms with Crippen molar-refractivity contribution in [1.82, 2.24) is 0 Å². The van der Waals surface area contributed by atoms with Gasteiger partial charge in [0.15, 0.2) is 0 Å². The van der Waals surface area contributed by atoms with Gasteiger partial charge in [0.05, 0.1) is 4.90 Å². The third-order valence-electron chi connectivity index (χ3n) is 1.72. The van der Waals surface area contributed by atoms with Gasteiger partial charge in [0.1, 0.15) is 11.0 Å². The fraction of sp³-hybridized carbons (Fsp3) is 0. The Hall–Kier alpha value is -1.86. The van der Waals surface area contributed by atoms with Crippen LogP contribution in [-0.2, 0) is 9.84 Å². The van der Waals surface area contributed by atoms with Crippen LogP contribution in [-0.4, -0.2) is 8.42 Å². The molecule has 0 aliphatic heterocycles. The molecule has 1 rings (SSSR count). The van der Waals surface area contributed by atoms with Gasteiger partial charge in [-0.15, -0.1) is 0 Å². The number of benzene rings is 1. The second kappa shape index (κ2) is 4.58. The molecular formula is C11H9NO2S. The van der Waals surface area contributed by atoms with Crippen LogP contribution in [0.5, 0.6) is 0 Å². The SMILES string of the molecule is C=C/C=C(\C#N)S(=O)(=O)c1ccccc1. The molecule has 0 aromatic heterocycles. The topological polar surface area (TPSA) is 57.9 Å². The van der Waals surface area contributed by atoms with Crippen molar-refractivity contribution in [3.8, 4) is 6.07 Å². The molecule has 0 unspecified atom stereocenters. The van der Waals surface area contributed by atoms with E-state index in [1.54, 1.807) is 24.3 Å². The van der Waals surface area contributed by atoms with Crippen LogP contribution < -0.4 is 0 Å². The van der Waals surface area contributed by atoms with Crippen LogP contribution in [0.25, 0.3) is 0 Å². The van der Waals surface area contributed by atoms with Gasteiger partial charge in [-0.05, 0) is 18.2 Å². The van der Waals surface area contributed by atoms with Gasteiger partial charge in [-0.2, -0.15) is 5.26 Å². The van der Waals surface area contributed by atoms with Crippen molar-refractivity contribution >= 4 is 9.84 Å². The molecule has 0 amide bonds. The van der Waals surface area contributed by atoms with Gasteiger partial charge < -0.3 is 0 Å². The van der Waals surface area contributed by atoms with E-state index in [1.807, 2.05) is 0 Å². The summed E-state index contributed by atoms with van der Waals surface area (Å²) in [6.07, 6.45) is 2.46. The average Bonchev–Trinajstić information content (AvgIpc) is 2.27. The number of rotatable bonds is 3. The van der Waals surface area contributed by atoms with Crippen LogP contribution in [0.2, 0.25) is 0 Å². The van der Waals surface area contributed by atoms with E-state index >= 15 is 0 Å². The monoisotopic (exact) mass is 219 g/mol. The molecule has 1 aromatic carbocycles. The van der Waals surface area contributed by atoms with E-state index < -0.39 is 9.84 Å². The Morgan fingerprint density at radius 1 is 1.33 bits per heavy atom. The van der Waals surface area contributed by atoms with Crippen LogP contribution in [0.1, 0.15) is 0 Å². The van der Waals surface area contributed by atoms with Crippen LogP contribution in [0.4, 0.5) is 0 Å². The summed E-state index contributed by atoms with van der Waals surface area (Å²) < 4.78 is 23.6. The van der Waals surface area contributed by atoms with Crippen molar-refractivity contribution in [2.24, 2.45) is 0 Å². The fourth-order valence-corrected chi connectivity index (χ4v) is 2.19. The molecule has 3 nitrogen and oxygen atoms in total. The number of allylic oxidation sites excluding steroid dienone is 3. The predicted octanol–water partition coefficient (Wildman–Crippen LogP) is 2.05. The van der Waals surface area contributed by atoms with Crippen LogP contribution in [0, 0.1) is 11.3 Å². The molecule has 15 heavy (non-hydrogen) atoms. The second-order valence-electron chi connectivity index (χ2n) is 2.69. The normalized spacial score (nSPS) is 11.8. The maximum absolute atomic E-state index is 11.8. The summed E-state index contributed by atoms with van der Waals surface area (Å²) >= 11 is 0. The number of nitrogens with zero attached hydrogens (tertiary/aromatic N) is 1. The lowest BCUT2D eigenvalue weighted by Gasteiger charge is -2.00. The third kappa shape index (κ3) is 2.33. The Bertz CT molecular complexity index is 521. The van der Waals surface area contributed by atoms with Gasteiger partial charge in [0, 0.05) is 0 Å². The minimum absolute atomic E-state index is 0.111. The van der Waals surface area contributed by atoms with E-state index in [0.29, 0.717) is 0 Å². The lowest BCUT2D eigenvalue weighted by molar-refractivity contribution is 0.603. The Morgan fingerprint density at radius 2 is 1.93 bits per heavy atom. The number of hydrogen-bond donors (Lipinski definition) is 0. The Morgan fingerprint density at radius 3 is 2.40 bits per heavy atom. The Kier molecular flexibility index (Phi) is 3.42. The van der Waals surface area contributed by atoms with Crippen molar-refractivity contribution in [2.45, 2.75) is 4.90 Å². The quantitative estimate of drug-likeness (QED) is 0.577. The highest BCUT2D eigenvalue weighted by Crippen LogP contribution is 2.17. The number of sulfone groups is 1. The van der Waals surface area contributed by atoms with Gasteiger partial charge in [-0.3, -0.25) is 0 Å². The molecule has 4 heteroatoms. The Balaban J connectivity index is 3.33. The molecule has 0 bridgehead atoms. The van der Waals surface area contributed by atoms with Gasteiger partial charge >= 0.3 is 0 Å². The molecule has 0 saturated carbocycles. The summed E-state index contributed by atoms with van der Waals surface area (Å²) in [5.41, 5.74) is 0. The van der Waals surface area contributed by atoms with Gasteiger partial charge in [-0.25, -0.2) is 8.42 Å². The van der Waals surface area contributed by atoms with E-state index in [0.717, 1.165) is 0 Å². The number of nitriles is 1. The van der Waals surface area contributed by atoms with Crippen molar-refractivity contribution < 1.29 is 8.42 Å². The van der Waals surface area contributed by atoms with Crippen LogP contribution >= 0.6 is 0 Å². The van der Waals surface area contributed by atoms with Gasteiger partial charge in [0.2, 0.25) is 9.84 Å². The van der Waals surface area contributed by atoms with Gasteiger partial charge in [-0.1, -0.05) is 30.9 Å². The zero-order valence-corrected chi connectivity index (χ0v) is 8.74. The van der Waals surface area contributed by atoms with E-state index in [1.165, 1.54) is 24.3 Å². The molecule has 1 aromatic rings. The molecule has 0 aliphatic rings. The summed E-state index contributed by atoms with van der Waals surface area (Å²) in [5, 5.41) is 8.71.